The molecule has 0 unspecified atom stereocenters. The van der Waals surface area contributed by atoms with Gasteiger partial charge in [0.2, 0.25) is 0 Å². The molecular weight excluding hydrogens is 387 g/mol. The minimum Gasteiger partial charge on any atom is -0.379 e. The minimum atomic E-state index is -0.393. The molecule has 1 amide bonds. The monoisotopic (exact) mass is 414 g/mol. The van der Waals surface area contributed by atoms with Crippen molar-refractivity contribution < 1.29 is 13.9 Å². The normalized spacial score (nSPS) is 18.5. The number of piperidine rings is 1. The summed E-state index contributed by atoms with van der Waals surface area (Å²) in [6.07, 6.45) is 3.11. The number of likely N-dealkylation sites (tertiary alicyclic amines) is 1. The topological polar surface area (TPSA) is 67.7 Å². The molecule has 8 heteroatoms. The number of amides is 1. The summed E-state index contributed by atoms with van der Waals surface area (Å²) in [5.41, 5.74) is 0.295. The molecule has 2 aromatic rings. The minimum absolute atomic E-state index is 0.169. The number of rotatable bonds is 5. The van der Waals surface area contributed by atoms with E-state index in [9.17, 15) is 14.0 Å². The Morgan fingerprint density at radius 3 is 2.43 bits per heavy atom. The predicted molar refractivity (Wildman–Crippen MR) is 110 cm³/mol. The van der Waals surface area contributed by atoms with Crippen molar-refractivity contribution in [1.29, 1.82) is 0 Å². The lowest BCUT2D eigenvalue weighted by Crippen LogP contribution is -2.41. The van der Waals surface area contributed by atoms with Crippen molar-refractivity contribution in [3.8, 4) is 5.69 Å². The second-order valence-corrected chi connectivity index (χ2v) is 7.92. The Hall–Kier alpha value is -2.58. The van der Waals surface area contributed by atoms with E-state index < -0.39 is 5.82 Å². The molecule has 4 rings (SSSR count). The van der Waals surface area contributed by atoms with E-state index in [0.717, 1.165) is 56.8 Å². The van der Waals surface area contributed by atoms with Gasteiger partial charge < -0.3 is 9.64 Å². The molecule has 0 bridgehead atoms. The molecule has 30 heavy (non-hydrogen) atoms. The van der Waals surface area contributed by atoms with Gasteiger partial charge in [-0.15, -0.1) is 0 Å². The Balaban J connectivity index is 1.35. The summed E-state index contributed by atoms with van der Waals surface area (Å²) < 4.78 is 19.7. The van der Waals surface area contributed by atoms with Crippen LogP contribution in [0.25, 0.3) is 5.69 Å². The first-order valence-electron chi connectivity index (χ1n) is 10.6. The zero-order chi connectivity index (χ0) is 20.9. The molecule has 3 heterocycles. The number of hydrogen-bond donors (Lipinski definition) is 0. The van der Waals surface area contributed by atoms with E-state index in [0.29, 0.717) is 24.7 Å². The van der Waals surface area contributed by atoms with E-state index in [1.807, 2.05) is 4.90 Å². The molecule has 0 spiro atoms. The number of aromatic nitrogens is 2. The van der Waals surface area contributed by atoms with Gasteiger partial charge in [-0.25, -0.2) is 4.39 Å². The molecule has 1 aromatic carbocycles. The smallest absolute Gasteiger partial charge is 0.274 e. The van der Waals surface area contributed by atoms with Crippen molar-refractivity contribution in [2.24, 2.45) is 5.92 Å². The number of halogens is 1. The quantitative estimate of drug-likeness (QED) is 0.748. The summed E-state index contributed by atoms with van der Waals surface area (Å²) in [5.74, 6) is 0.0611. The van der Waals surface area contributed by atoms with Crippen molar-refractivity contribution in [2.45, 2.75) is 19.3 Å². The molecule has 160 valence electrons. The fraction of sp³-hybridized carbons (Fsp3) is 0.500. The van der Waals surface area contributed by atoms with Gasteiger partial charge in [0.15, 0.2) is 0 Å². The molecule has 0 atom stereocenters. The van der Waals surface area contributed by atoms with Crippen LogP contribution in [0.2, 0.25) is 0 Å². The second kappa shape index (κ2) is 9.49. The van der Waals surface area contributed by atoms with Gasteiger partial charge >= 0.3 is 0 Å². The van der Waals surface area contributed by atoms with E-state index in [2.05, 4.69) is 10.00 Å². The fourth-order valence-corrected chi connectivity index (χ4v) is 4.07. The van der Waals surface area contributed by atoms with Gasteiger partial charge in [0.1, 0.15) is 11.5 Å². The Morgan fingerprint density at radius 1 is 1.03 bits per heavy atom. The standard InChI is InChI=1S/C22H27FN4O3/c23-18-1-3-19(4-2-18)27-21(28)6-5-20(24-27)22(29)26-11-8-17(9-12-26)7-10-25-13-15-30-16-14-25/h1-6,17H,7-16H2. The molecule has 2 fully saturated rings. The number of ether oxygens (including phenoxy) is 1. The zero-order valence-corrected chi connectivity index (χ0v) is 17.0. The number of morpholine rings is 1. The van der Waals surface area contributed by atoms with Gasteiger partial charge in [-0.05, 0) is 62.1 Å². The maximum absolute atomic E-state index is 13.2. The summed E-state index contributed by atoms with van der Waals surface area (Å²) in [6.45, 7) is 6.14. The first kappa shape index (κ1) is 20.7. The predicted octanol–water partition coefficient (Wildman–Crippen LogP) is 1.95. The average Bonchev–Trinajstić information content (AvgIpc) is 2.79. The summed E-state index contributed by atoms with van der Waals surface area (Å²) in [7, 11) is 0. The van der Waals surface area contributed by atoms with E-state index in [4.69, 9.17) is 4.74 Å². The van der Waals surface area contributed by atoms with Crippen LogP contribution < -0.4 is 5.56 Å². The van der Waals surface area contributed by atoms with Crippen LogP contribution in [0.5, 0.6) is 0 Å². The van der Waals surface area contributed by atoms with Crippen LogP contribution in [0.1, 0.15) is 29.8 Å². The van der Waals surface area contributed by atoms with Crippen molar-refractivity contribution in [3.63, 3.8) is 0 Å². The number of nitrogens with zero attached hydrogens (tertiary/aromatic N) is 4. The average molecular weight is 414 g/mol. The first-order chi connectivity index (χ1) is 14.6. The van der Waals surface area contributed by atoms with Crippen molar-refractivity contribution in [3.05, 3.63) is 58.3 Å². The van der Waals surface area contributed by atoms with Crippen LogP contribution in [0, 0.1) is 11.7 Å². The van der Waals surface area contributed by atoms with Crippen molar-refractivity contribution in [1.82, 2.24) is 19.6 Å². The Morgan fingerprint density at radius 2 is 1.73 bits per heavy atom. The SMILES string of the molecule is O=C(c1ccc(=O)n(-c2ccc(F)cc2)n1)N1CCC(CCN2CCOCC2)CC1. The molecule has 0 aliphatic carbocycles. The lowest BCUT2D eigenvalue weighted by atomic mass is 9.93. The maximum atomic E-state index is 13.2. The lowest BCUT2D eigenvalue weighted by Gasteiger charge is -2.33. The molecule has 2 saturated heterocycles. The Bertz CT molecular complexity index is 917. The van der Waals surface area contributed by atoms with Crippen LogP contribution in [0.4, 0.5) is 4.39 Å². The molecule has 0 N–H and O–H groups in total. The van der Waals surface area contributed by atoms with E-state index in [1.165, 1.54) is 36.4 Å². The molecule has 0 radical (unpaired) electrons. The number of carbonyl (C=O) groups is 1. The van der Waals surface area contributed by atoms with Gasteiger partial charge in [-0.1, -0.05) is 0 Å². The number of benzene rings is 1. The molecule has 1 aromatic heterocycles. The number of hydrogen-bond acceptors (Lipinski definition) is 5. The van der Waals surface area contributed by atoms with Crippen LogP contribution in [0.15, 0.2) is 41.2 Å². The van der Waals surface area contributed by atoms with E-state index in [-0.39, 0.29) is 17.2 Å². The van der Waals surface area contributed by atoms with Crippen LogP contribution in [-0.2, 0) is 4.74 Å². The van der Waals surface area contributed by atoms with Crippen molar-refractivity contribution >= 4 is 5.91 Å². The first-order valence-corrected chi connectivity index (χ1v) is 10.6. The van der Waals surface area contributed by atoms with E-state index in [1.54, 1.807) is 0 Å². The van der Waals surface area contributed by atoms with E-state index >= 15 is 0 Å². The van der Waals surface area contributed by atoms with Gasteiger partial charge in [-0.2, -0.15) is 9.78 Å². The Labute approximate surface area is 175 Å². The van der Waals surface area contributed by atoms with Gasteiger partial charge in [-0.3, -0.25) is 14.5 Å². The highest BCUT2D eigenvalue weighted by Crippen LogP contribution is 2.22. The van der Waals surface area contributed by atoms with Gasteiger partial charge in [0.25, 0.3) is 11.5 Å². The third kappa shape index (κ3) is 4.94. The zero-order valence-electron chi connectivity index (χ0n) is 17.0. The van der Waals surface area contributed by atoms with Crippen LogP contribution in [0.3, 0.4) is 0 Å². The number of carbonyl (C=O) groups excluding carboxylic acids is 1. The lowest BCUT2D eigenvalue weighted by molar-refractivity contribution is 0.0331. The Kier molecular flexibility index (Phi) is 6.54. The highest BCUT2D eigenvalue weighted by atomic mass is 19.1. The van der Waals surface area contributed by atoms with Gasteiger partial charge in [0.05, 0.1) is 18.9 Å². The van der Waals surface area contributed by atoms with Gasteiger partial charge in [0, 0.05) is 32.2 Å². The summed E-state index contributed by atoms with van der Waals surface area (Å²) in [5, 5.41) is 4.24. The third-order valence-electron chi connectivity index (χ3n) is 5.95. The molecule has 7 nitrogen and oxygen atoms in total. The summed E-state index contributed by atoms with van der Waals surface area (Å²) in [6, 6.07) is 8.27. The second-order valence-electron chi connectivity index (χ2n) is 7.92. The van der Waals surface area contributed by atoms with Crippen molar-refractivity contribution in [2.75, 3.05) is 45.9 Å². The third-order valence-corrected chi connectivity index (χ3v) is 5.95. The highest BCUT2D eigenvalue weighted by molar-refractivity contribution is 5.92. The van der Waals surface area contributed by atoms with Crippen LogP contribution >= 0.6 is 0 Å². The molecule has 2 aliphatic rings. The summed E-state index contributed by atoms with van der Waals surface area (Å²) >= 11 is 0. The van der Waals surface area contributed by atoms with Crippen LogP contribution in [-0.4, -0.2) is 71.4 Å². The molecular formula is C22H27FN4O3. The largest absolute Gasteiger partial charge is 0.379 e. The maximum Gasteiger partial charge on any atom is 0.274 e. The fourth-order valence-electron chi connectivity index (χ4n) is 4.07. The highest BCUT2D eigenvalue weighted by Gasteiger charge is 2.25. The summed E-state index contributed by atoms with van der Waals surface area (Å²) in [4.78, 5) is 29.4. The molecule has 2 aliphatic heterocycles. The molecule has 0 saturated carbocycles.